The molecular formula is C20H19N5O4S. The summed E-state index contributed by atoms with van der Waals surface area (Å²) in [6, 6.07) is 8.36. The topological polar surface area (TPSA) is 122 Å². The number of hydrogen-bond donors (Lipinski definition) is 3. The summed E-state index contributed by atoms with van der Waals surface area (Å²) in [5, 5.41) is 8.18. The lowest BCUT2D eigenvalue weighted by Gasteiger charge is -2.09. The fourth-order valence-electron chi connectivity index (χ4n) is 3.04. The highest BCUT2D eigenvalue weighted by molar-refractivity contribution is 7.18. The minimum Gasteiger partial charge on any atom is -0.317 e. The summed E-state index contributed by atoms with van der Waals surface area (Å²) < 4.78 is 1.08. The first kappa shape index (κ1) is 19.8. The van der Waals surface area contributed by atoms with Gasteiger partial charge in [-0.25, -0.2) is 4.68 Å². The summed E-state index contributed by atoms with van der Waals surface area (Å²) in [6.45, 7) is 1.75. The Morgan fingerprint density at radius 1 is 1.10 bits per heavy atom. The molecule has 3 aromatic rings. The molecular weight excluding hydrogens is 406 g/mol. The molecule has 4 rings (SSSR count). The fraction of sp³-hybridized carbons (Fsp3) is 0.250. The quantitative estimate of drug-likeness (QED) is 0.550. The van der Waals surface area contributed by atoms with Gasteiger partial charge in [0, 0.05) is 18.4 Å². The van der Waals surface area contributed by atoms with E-state index in [4.69, 9.17) is 0 Å². The molecule has 2 heterocycles. The van der Waals surface area contributed by atoms with Crippen LogP contribution >= 0.6 is 11.3 Å². The molecule has 10 heteroatoms. The van der Waals surface area contributed by atoms with Crippen molar-refractivity contribution in [2.24, 2.45) is 13.0 Å². The minimum atomic E-state index is -0.647. The van der Waals surface area contributed by atoms with Gasteiger partial charge in [0.2, 0.25) is 5.91 Å². The second-order valence-electron chi connectivity index (χ2n) is 7.12. The zero-order chi connectivity index (χ0) is 21.4. The predicted octanol–water partition coefficient (Wildman–Crippen LogP) is 1.73. The van der Waals surface area contributed by atoms with E-state index < -0.39 is 11.8 Å². The molecule has 0 bridgehead atoms. The van der Waals surface area contributed by atoms with Crippen molar-refractivity contribution in [2.75, 3.05) is 5.32 Å². The number of nitrogens with one attached hydrogen (secondary N) is 3. The molecule has 2 aromatic heterocycles. The first-order valence-corrected chi connectivity index (χ1v) is 10.1. The van der Waals surface area contributed by atoms with Gasteiger partial charge >= 0.3 is 0 Å². The average molecular weight is 425 g/mol. The Kier molecular flexibility index (Phi) is 5.08. The van der Waals surface area contributed by atoms with Crippen molar-refractivity contribution in [3.05, 3.63) is 56.8 Å². The number of benzene rings is 1. The Morgan fingerprint density at radius 2 is 1.77 bits per heavy atom. The lowest BCUT2D eigenvalue weighted by molar-refractivity contribution is -0.117. The van der Waals surface area contributed by atoms with E-state index in [0.717, 1.165) is 28.9 Å². The van der Waals surface area contributed by atoms with E-state index in [1.54, 1.807) is 37.3 Å². The maximum absolute atomic E-state index is 12.6. The number of thiophene rings is 1. The molecule has 9 nitrogen and oxygen atoms in total. The van der Waals surface area contributed by atoms with Crippen LogP contribution in [0.1, 0.15) is 38.6 Å². The van der Waals surface area contributed by atoms with Gasteiger partial charge in [-0.15, -0.1) is 11.3 Å². The first-order chi connectivity index (χ1) is 14.3. The number of anilines is 1. The molecule has 0 aliphatic heterocycles. The number of hydrogen-bond acceptors (Lipinski definition) is 6. The Labute approximate surface area is 175 Å². The van der Waals surface area contributed by atoms with Crippen LogP contribution in [-0.2, 0) is 11.8 Å². The van der Waals surface area contributed by atoms with Crippen LogP contribution in [0.15, 0.2) is 35.1 Å². The van der Waals surface area contributed by atoms with Gasteiger partial charge < -0.3 is 5.32 Å². The Balaban J connectivity index is 1.48. The normalized spacial score (nSPS) is 13.1. The smallest absolute Gasteiger partial charge is 0.290 e. The zero-order valence-electron chi connectivity index (χ0n) is 16.3. The molecule has 30 heavy (non-hydrogen) atoms. The van der Waals surface area contributed by atoms with Gasteiger partial charge in [-0.1, -0.05) is 18.2 Å². The van der Waals surface area contributed by atoms with Crippen LogP contribution in [0.5, 0.6) is 0 Å². The van der Waals surface area contributed by atoms with Crippen LogP contribution in [0.4, 0.5) is 5.00 Å². The third kappa shape index (κ3) is 3.81. The SMILES string of the molecule is Cc1cc(NC(=O)C2CC2)sc1C(=O)NNC(=O)c1nn(C)c(=O)c2ccccc12. The van der Waals surface area contributed by atoms with Gasteiger partial charge in [0.05, 0.1) is 15.3 Å². The number of aromatic nitrogens is 2. The second kappa shape index (κ2) is 7.71. The Hall–Kier alpha value is -3.53. The molecule has 0 atom stereocenters. The fourth-order valence-corrected chi connectivity index (χ4v) is 4.01. The lowest BCUT2D eigenvalue weighted by Crippen LogP contribution is -2.42. The highest BCUT2D eigenvalue weighted by atomic mass is 32.1. The van der Waals surface area contributed by atoms with Crippen molar-refractivity contribution in [3.63, 3.8) is 0 Å². The first-order valence-electron chi connectivity index (χ1n) is 9.33. The molecule has 0 saturated heterocycles. The summed E-state index contributed by atoms with van der Waals surface area (Å²) >= 11 is 1.14. The van der Waals surface area contributed by atoms with Gasteiger partial charge in [-0.3, -0.25) is 30.0 Å². The van der Waals surface area contributed by atoms with Crippen LogP contribution in [0.25, 0.3) is 10.8 Å². The highest BCUT2D eigenvalue weighted by Gasteiger charge is 2.30. The molecule has 1 saturated carbocycles. The van der Waals surface area contributed by atoms with Crippen LogP contribution in [0.3, 0.4) is 0 Å². The van der Waals surface area contributed by atoms with Crippen LogP contribution in [0.2, 0.25) is 0 Å². The maximum Gasteiger partial charge on any atom is 0.290 e. The standard InChI is InChI=1S/C20H19N5O4S/c1-10-9-14(21-17(26)11-7-8-11)30-16(10)19(28)23-22-18(27)15-12-5-3-4-6-13(12)20(29)25(2)24-15/h3-6,9,11H,7-8H2,1-2H3,(H,21,26)(H,22,27)(H,23,28). The third-order valence-corrected chi connectivity index (χ3v) is 5.93. The minimum absolute atomic E-state index is 0.0216. The molecule has 0 unspecified atom stereocenters. The van der Waals surface area contributed by atoms with Crippen molar-refractivity contribution in [1.82, 2.24) is 20.6 Å². The monoisotopic (exact) mass is 425 g/mol. The molecule has 1 aliphatic rings. The number of rotatable bonds is 4. The van der Waals surface area contributed by atoms with Crippen LogP contribution in [-0.4, -0.2) is 27.5 Å². The van der Waals surface area contributed by atoms with Crippen molar-refractivity contribution < 1.29 is 14.4 Å². The van der Waals surface area contributed by atoms with Gasteiger partial charge in [-0.2, -0.15) is 5.10 Å². The summed E-state index contributed by atoms with van der Waals surface area (Å²) in [5.74, 6) is -1.13. The number of carbonyl (C=O) groups excluding carboxylic acids is 3. The van der Waals surface area contributed by atoms with Gasteiger partial charge in [-0.05, 0) is 37.5 Å². The van der Waals surface area contributed by atoms with E-state index >= 15 is 0 Å². The molecule has 154 valence electrons. The molecule has 0 spiro atoms. The summed E-state index contributed by atoms with van der Waals surface area (Å²) in [6.07, 6.45) is 1.78. The molecule has 1 aromatic carbocycles. The molecule has 1 aliphatic carbocycles. The number of aryl methyl sites for hydroxylation is 2. The second-order valence-corrected chi connectivity index (χ2v) is 8.17. The van der Waals surface area contributed by atoms with E-state index in [2.05, 4.69) is 21.3 Å². The van der Waals surface area contributed by atoms with Crippen molar-refractivity contribution in [2.45, 2.75) is 19.8 Å². The maximum atomic E-state index is 12.6. The highest BCUT2D eigenvalue weighted by Crippen LogP contribution is 2.32. The van der Waals surface area contributed by atoms with Gasteiger partial charge in [0.25, 0.3) is 17.4 Å². The Morgan fingerprint density at radius 3 is 2.47 bits per heavy atom. The van der Waals surface area contributed by atoms with E-state index in [9.17, 15) is 19.2 Å². The third-order valence-electron chi connectivity index (χ3n) is 4.78. The molecule has 3 amide bonds. The van der Waals surface area contributed by atoms with Gasteiger partial charge in [0.1, 0.15) is 0 Å². The van der Waals surface area contributed by atoms with E-state index in [1.165, 1.54) is 7.05 Å². The average Bonchev–Trinajstić information content (AvgIpc) is 3.52. The predicted molar refractivity (Wildman–Crippen MR) is 112 cm³/mol. The number of hydrazine groups is 1. The van der Waals surface area contributed by atoms with Crippen LogP contribution < -0.4 is 21.7 Å². The zero-order valence-corrected chi connectivity index (χ0v) is 17.1. The number of carbonyl (C=O) groups is 3. The number of fused-ring (bicyclic) bond motifs is 1. The van der Waals surface area contributed by atoms with E-state index in [0.29, 0.717) is 26.2 Å². The largest absolute Gasteiger partial charge is 0.317 e. The number of nitrogens with zero attached hydrogens (tertiary/aromatic N) is 2. The molecule has 0 radical (unpaired) electrons. The molecule has 3 N–H and O–H groups in total. The van der Waals surface area contributed by atoms with Crippen molar-refractivity contribution >= 4 is 44.8 Å². The lowest BCUT2D eigenvalue weighted by atomic mass is 10.1. The van der Waals surface area contributed by atoms with Crippen LogP contribution in [0, 0.1) is 12.8 Å². The van der Waals surface area contributed by atoms with Gasteiger partial charge in [0.15, 0.2) is 5.69 Å². The Bertz CT molecular complexity index is 1240. The molecule has 1 fully saturated rings. The van der Waals surface area contributed by atoms with Crippen molar-refractivity contribution in [3.8, 4) is 0 Å². The summed E-state index contributed by atoms with van der Waals surface area (Å²) in [7, 11) is 1.45. The number of amides is 3. The van der Waals surface area contributed by atoms with E-state index in [-0.39, 0.29) is 23.1 Å². The van der Waals surface area contributed by atoms with Crippen molar-refractivity contribution in [1.29, 1.82) is 0 Å². The summed E-state index contributed by atoms with van der Waals surface area (Å²) in [5.41, 5.74) is 5.10. The summed E-state index contributed by atoms with van der Waals surface area (Å²) in [4.78, 5) is 49.6. The van der Waals surface area contributed by atoms with E-state index in [1.807, 2.05) is 0 Å².